The molecule has 1 saturated heterocycles. The number of ether oxygens (including phenoxy) is 3. The van der Waals surface area contributed by atoms with Gasteiger partial charge in [0.15, 0.2) is 0 Å². The van der Waals surface area contributed by atoms with Crippen molar-refractivity contribution >= 4 is 40.4 Å². The van der Waals surface area contributed by atoms with E-state index < -0.39 is 34.5 Å². The molecule has 1 aliphatic heterocycles. The second-order valence-electron chi connectivity index (χ2n) is 7.77. The maximum Gasteiger partial charge on any atom is 0.328 e. The van der Waals surface area contributed by atoms with Crippen molar-refractivity contribution in [1.29, 1.82) is 0 Å². The van der Waals surface area contributed by atoms with E-state index in [9.17, 15) is 24.0 Å². The molecule has 1 rings (SSSR count). The number of thioether (sulfide) groups is 1. The number of aliphatic carboxylic acids is 1. The van der Waals surface area contributed by atoms with Gasteiger partial charge in [0.2, 0.25) is 16.9 Å². The fraction of sp³-hybridized carbons (Fsp3) is 0.650. The quantitative estimate of drug-likeness (QED) is 0.264. The fourth-order valence-electron chi connectivity index (χ4n) is 2.74. The van der Waals surface area contributed by atoms with Crippen molar-refractivity contribution < 1.29 is 43.3 Å². The molecule has 2 amide bonds. The molecule has 1 fully saturated rings. The Morgan fingerprint density at radius 2 is 1.84 bits per heavy atom. The van der Waals surface area contributed by atoms with Crippen LogP contribution in [0.5, 0.6) is 0 Å². The van der Waals surface area contributed by atoms with Crippen LogP contribution in [0.25, 0.3) is 0 Å². The minimum atomic E-state index is -1.63. The van der Waals surface area contributed by atoms with Crippen molar-refractivity contribution in [2.75, 3.05) is 32.6 Å². The molecule has 11 nitrogen and oxygen atoms in total. The maximum atomic E-state index is 12.7. The predicted molar refractivity (Wildman–Crippen MR) is 115 cm³/mol. The third-order valence-corrected chi connectivity index (χ3v) is 5.20. The first-order valence-electron chi connectivity index (χ1n) is 9.89. The summed E-state index contributed by atoms with van der Waals surface area (Å²) in [5.74, 6) is -3.57. The van der Waals surface area contributed by atoms with Crippen LogP contribution in [0, 0.1) is 5.41 Å². The number of carboxylic acid groups (broad SMARTS) is 1. The second kappa shape index (κ2) is 12.7. The molecular formula is C20H30N2O9S. The van der Waals surface area contributed by atoms with Crippen LogP contribution >= 0.6 is 11.8 Å². The summed E-state index contributed by atoms with van der Waals surface area (Å²) in [6.45, 7) is 5.32. The number of carboxylic acids is 1. The summed E-state index contributed by atoms with van der Waals surface area (Å²) in [6.07, 6.45) is 0.573. The summed E-state index contributed by atoms with van der Waals surface area (Å²) < 4.78 is 16.6. The van der Waals surface area contributed by atoms with Crippen molar-refractivity contribution in [3.8, 4) is 0 Å². The lowest BCUT2D eigenvalue weighted by Gasteiger charge is -2.46. The highest BCUT2D eigenvalue weighted by Crippen LogP contribution is 2.37. The van der Waals surface area contributed by atoms with E-state index in [2.05, 4.69) is 10.6 Å². The van der Waals surface area contributed by atoms with E-state index in [0.29, 0.717) is 0 Å². The topological polar surface area (TPSA) is 157 Å². The van der Waals surface area contributed by atoms with Crippen LogP contribution in [0.1, 0.15) is 33.6 Å². The van der Waals surface area contributed by atoms with Crippen molar-refractivity contribution in [3.05, 3.63) is 12.2 Å². The van der Waals surface area contributed by atoms with Crippen LogP contribution in [0.15, 0.2) is 12.2 Å². The Hall–Kier alpha value is -2.28. The Balaban J connectivity index is 2.43. The predicted octanol–water partition coefficient (Wildman–Crippen LogP) is 0.230. The van der Waals surface area contributed by atoms with Crippen LogP contribution in [0.3, 0.4) is 0 Å². The highest BCUT2D eigenvalue weighted by molar-refractivity contribution is 8.14. The Morgan fingerprint density at radius 1 is 1.16 bits per heavy atom. The van der Waals surface area contributed by atoms with E-state index in [0.717, 1.165) is 23.9 Å². The zero-order chi connectivity index (χ0) is 24.4. The van der Waals surface area contributed by atoms with Gasteiger partial charge in [-0.1, -0.05) is 25.6 Å². The summed E-state index contributed by atoms with van der Waals surface area (Å²) >= 11 is 0.876. The minimum absolute atomic E-state index is 0.00971. The Morgan fingerprint density at radius 3 is 2.44 bits per heavy atom. The van der Waals surface area contributed by atoms with Gasteiger partial charge in [-0.05, 0) is 13.0 Å². The number of hydrogen-bond donors (Lipinski definition) is 3. The average molecular weight is 475 g/mol. The Bertz CT molecular complexity index is 753. The summed E-state index contributed by atoms with van der Waals surface area (Å²) in [6, 6.07) is 0. The number of ketones is 1. The van der Waals surface area contributed by atoms with Gasteiger partial charge in [-0.15, -0.1) is 0 Å². The number of carbonyl (C=O) groups excluding carboxylic acids is 4. The van der Waals surface area contributed by atoms with Crippen LogP contribution in [0.2, 0.25) is 0 Å². The highest BCUT2D eigenvalue weighted by Gasteiger charge is 2.50. The van der Waals surface area contributed by atoms with Crippen molar-refractivity contribution in [2.24, 2.45) is 5.41 Å². The third-order valence-electron chi connectivity index (χ3n) is 4.37. The van der Waals surface area contributed by atoms with Crippen molar-refractivity contribution in [1.82, 2.24) is 10.6 Å². The summed E-state index contributed by atoms with van der Waals surface area (Å²) in [5.41, 5.74) is -0.690. The van der Waals surface area contributed by atoms with Gasteiger partial charge >= 0.3 is 5.97 Å². The van der Waals surface area contributed by atoms with E-state index in [1.54, 1.807) is 13.8 Å². The van der Waals surface area contributed by atoms with Crippen LogP contribution in [-0.2, 0) is 38.2 Å². The standard InChI is InChI=1S/C20H30N2O9S/c1-13(23)11-20(29-4)30-12-19(2,3)17(31-20)18(28)22-8-7-14(24)21-9-10-32-16(27)6-5-15(25)26/h5-6,17H,7-12H2,1-4H3,(H,21,24)(H,22,28)(H,25,26)/b6-5+/t17-,20?/m0/s1. The van der Waals surface area contributed by atoms with E-state index in [4.69, 9.17) is 19.3 Å². The first kappa shape index (κ1) is 27.8. The number of amides is 2. The van der Waals surface area contributed by atoms with Gasteiger partial charge in [-0.2, -0.15) is 0 Å². The SMILES string of the molecule is COC1(CC(C)=O)OCC(C)(C)[C@H](C(=O)NCCC(=O)NCCSC(=O)/C=C/C(=O)O)O1. The van der Waals surface area contributed by atoms with Gasteiger partial charge in [-0.25, -0.2) is 4.79 Å². The number of hydrogen-bond acceptors (Lipinski definition) is 9. The summed E-state index contributed by atoms with van der Waals surface area (Å²) in [5, 5.41) is 13.3. The molecule has 0 aromatic rings. The number of rotatable bonds is 12. The number of carbonyl (C=O) groups is 5. The fourth-order valence-corrected chi connectivity index (χ4v) is 3.31. The summed E-state index contributed by atoms with van der Waals surface area (Å²) in [7, 11) is 1.33. The zero-order valence-electron chi connectivity index (χ0n) is 18.6. The van der Waals surface area contributed by atoms with Gasteiger partial charge in [0.1, 0.15) is 11.9 Å². The van der Waals surface area contributed by atoms with E-state index >= 15 is 0 Å². The van der Waals surface area contributed by atoms with Gasteiger partial charge in [0.25, 0.3) is 5.97 Å². The lowest BCUT2D eigenvalue weighted by atomic mass is 9.85. The molecule has 2 atom stereocenters. The van der Waals surface area contributed by atoms with Gasteiger partial charge < -0.3 is 30.0 Å². The lowest BCUT2D eigenvalue weighted by molar-refractivity contribution is -0.421. The highest BCUT2D eigenvalue weighted by atomic mass is 32.2. The molecule has 1 heterocycles. The Kier molecular flexibility index (Phi) is 11.0. The normalized spacial score (nSPS) is 22.3. The number of nitrogens with one attached hydrogen (secondary N) is 2. The molecule has 1 aliphatic rings. The molecule has 0 radical (unpaired) electrons. The van der Waals surface area contributed by atoms with Gasteiger partial charge in [0, 0.05) is 43.9 Å². The molecule has 32 heavy (non-hydrogen) atoms. The molecule has 1 unspecified atom stereocenters. The molecule has 0 bridgehead atoms. The molecule has 0 spiro atoms. The average Bonchev–Trinajstić information content (AvgIpc) is 2.70. The maximum absolute atomic E-state index is 12.7. The number of methoxy groups -OCH3 is 1. The van der Waals surface area contributed by atoms with Crippen LogP contribution in [-0.4, -0.2) is 78.4 Å². The molecule has 12 heteroatoms. The first-order valence-corrected chi connectivity index (χ1v) is 10.9. The molecule has 0 aromatic carbocycles. The second-order valence-corrected chi connectivity index (χ2v) is 8.87. The third kappa shape index (κ3) is 9.47. The van der Waals surface area contributed by atoms with Gasteiger partial charge in [-0.3, -0.25) is 19.2 Å². The lowest BCUT2D eigenvalue weighted by Crippen LogP contribution is -2.59. The molecule has 0 saturated carbocycles. The number of Topliss-reactive ketones (excluding diaryl/α,β-unsaturated/α-hetero) is 1. The molecule has 0 aliphatic carbocycles. The van der Waals surface area contributed by atoms with Crippen molar-refractivity contribution in [3.63, 3.8) is 0 Å². The molecule has 180 valence electrons. The summed E-state index contributed by atoms with van der Waals surface area (Å²) in [4.78, 5) is 57.8. The van der Waals surface area contributed by atoms with E-state index in [1.807, 2.05) is 0 Å². The van der Waals surface area contributed by atoms with Crippen molar-refractivity contribution in [2.45, 2.75) is 45.7 Å². The monoisotopic (exact) mass is 474 g/mol. The zero-order valence-corrected chi connectivity index (χ0v) is 19.4. The largest absolute Gasteiger partial charge is 0.478 e. The van der Waals surface area contributed by atoms with E-state index in [1.165, 1.54) is 14.0 Å². The van der Waals surface area contributed by atoms with Crippen LogP contribution in [0.4, 0.5) is 0 Å². The molecule has 3 N–H and O–H groups in total. The molecular weight excluding hydrogens is 444 g/mol. The molecule has 0 aromatic heterocycles. The first-order chi connectivity index (χ1) is 14.9. The minimum Gasteiger partial charge on any atom is -0.478 e. The smallest absolute Gasteiger partial charge is 0.328 e. The Labute approximate surface area is 190 Å². The van der Waals surface area contributed by atoms with E-state index in [-0.39, 0.29) is 50.0 Å². The van der Waals surface area contributed by atoms with Crippen LogP contribution < -0.4 is 10.6 Å². The van der Waals surface area contributed by atoms with Gasteiger partial charge in [0.05, 0.1) is 13.0 Å².